The molecule has 0 aliphatic carbocycles. The van der Waals surface area contributed by atoms with Gasteiger partial charge in [0.1, 0.15) is 11.8 Å². The maximum atomic E-state index is 12.3. The van der Waals surface area contributed by atoms with E-state index in [0.29, 0.717) is 30.3 Å². The number of nitrogens with zero attached hydrogens (tertiary/aromatic N) is 2. The number of benzene rings is 1. The molecule has 0 spiro atoms. The first-order chi connectivity index (χ1) is 12.9. The predicted octanol–water partition coefficient (Wildman–Crippen LogP) is 3.47. The normalized spacial score (nSPS) is 20.6. The Labute approximate surface area is 157 Å². The van der Waals surface area contributed by atoms with Crippen molar-refractivity contribution in [3.05, 3.63) is 47.7 Å². The fraction of sp³-hybridized carbons (Fsp3) is 0.350. The second-order valence-corrected chi connectivity index (χ2v) is 7.16. The molecule has 2 aromatic rings. The number of nitrogens with one attached hydrogen (secondary N) is 1. The largest absolute Gasteiger partial charge is 0.439 e. The number of amides is 3. The molecule has 3 amide bonds. The quantitative estimate of drug-likeness (QED) is 0.837. The van der Waals surface area contributed by atoms with Crippen LogP contribution in [0.4, 0.5) is 10.5 Å². The van der Waals surface area contributed by atoms with Crippen LogP contribution in [0.1, 0.15) is 38.3 Å². The van der Waals surface area contributed by atoms with E-state index in [4.69, 9.17) is 9.47 Å². The lowest BCUT2D eigenvalue weighted by molar-refractivity contribution is -0.118. The van der Waals surface area contributed by atoms with Gasteiger partial charge in [0.2, 0.25) is 5.88 Å². The Bertz CT molecular complexity index is 908. The summed E-state index contributed by atoms with van der Waals surface area (Å²) in [5, 5.41) is 2.65. The third-order valence-corrected chi connectivity index (χ3v) is 4.95. The number of carbonyl (C=O) groups is 2. The Morgan fingerprint density at radius 1 is 1.30 bits per heavy atom. The molecule has 27 heavy (non-hydrogen) atoms. The predicted molar refractivity (Wildman–Crippen MR) is 98.7 cm³/mol. The van der Waals surface area contributed by atoms with Crippen LogP contribution in [0.2, 0.25) is 0 Å². The van der Waals surface area contributed by atoms with Crippen LogP contribution < -0.4 is 15.0 Å². The first-order valence-electron chi connectivity index (χ1n) is 8.95. The highest BCUT2D eigenvalue weighted by Gasteiger charge is 2.38. The molecule has 2 aliphatic heterocycles. The molecule has 0 saturated carbocycles. The van der Waals surface area contributed by atoms with Gasteiger partial charge in [0.25, 0.3) is 5.91 Å². The second kappa shape index (κ2) is 6.35. The lowest BCUT2D eigenvalue weighted by atomic mass is 9.96. The molecule has 2 aliphatic rings. The first-order valence-corrected chi connectivity index (χ1v) is 8.95. The van der Waals surface area contributed by atoms with Crippen molar-refractivity contribution in [1.82, 2.24) is 10.3 Å². The zero-order chi connectivity index (χ0) is 19.2. The van der Waals surface area contributed by atoms with E-state index in [-0.39, 0.29) is 11.5 Å². The summed E-state index contributed by atoms with van der Waals surface area (Å²) in [5.74, 6) is 0.780. The smallest absolute Gasteiger partial charge is 0.329 e. The Hall–Kier alpha value is -2.93. The van der Waals surface area contributed by atoms with Crippen molar-refractivity contribution in [2.75, 3.05) is 4.90 Å². The highest BCUT2D eigenvalue weighted by Crippen LogP contribution is 2.38. The van der Waals surface area contributed by atoms with Crippen LogP contribution in [0.5, 0.6) is 11.6 Å². The van der Waals surface area contributed by atoms with Crippen molar-refractivity contribution in [1.29, 1.82) is 0 Å². The molecule has 1 fully saturated rings. The molecule has 4 rings (SSSR count). The summed E-state index contributed by atoms with van der Waals surface area (Å²) < 4.78 is 11.6. The summed E-state index contributed by atoms with van der Waals surface area (Å²) in [6.45, 7) is 6.50. The summed E-state index contributed by atoms with van der Waals surface area (Å²) >= 11 is 0. The fourth-order valence-electron chi connectivity index (χ4n) is 3.38. The van der Waals surface area contributed by atoms with Crippen LogP contribution in [-0.4, -0.2) is 23.0 Å². The van der Waals surface area contributed by atoms with E-state index in [1.807, 2.05) is 39.0 Å². The summed E-state index contributed by atoms with van der Waals surface area (Å²) in [6.07, 6.45) is 2.01. The Morgan fingerprint density at radius 3 is 2.78 bits per heavy atom. The number of pyridine rings is 1. The number of hydrogen-bond acceptors (Lipinski definition) is 5. The molecular weight excluding hydrogens is 346 g/mol. The molecule has 1 aromatic carbocycles. The Morgan fingerprint density at radius 2 is 2.11 bits per heavy atom. The summed E-state index contributed by atoms with van der Waals surface area (Å²) in [5.41, 5.74) is 2.33. The van der Waals surface area contributed by atoms with Gasteiger partial charge in [0.05, 0.1) is 24.1 Å². The maximum absolute atomic E-state index is 12.3. The molecule has 7 nitrogen and oxygen atoms in total. The summed E-state index contributed by atoms with van der Waals surface area (Å²) in [6, 6.07) is 8.21. The van der Waals surface area contributed by atoms with E-state index >= 15 is 0 Å². The van der Waals surface area contributed by atoms with Crippen molar-refractivity contribution in [3.8, 4) is 11.6 Å². The average Bonchev–Trinajstić information content (AvgIpc) is 3.11. The molecule has 140 valence electrons. The molecule has 1 N–H and O–H groups in total. The molecule has 1 aromatic heterocycles. The standard InChI is InChI=1S/C20H21N3O4/c1-4-16-18(24)23(19(25)22-16)13-6-8-17(21-10-13)27-14-7-5-12-11-26-20(2,3)15(12)9-14/h5-10,16H,4,11H2,1-3H3,(H,22,25). The van der Waals surface area contributed by atoms with E-state index < -0.39 is 12.1 Å². The molecular formula is C20H21N3O4. The van der Waals surface area contributed by atoms with Crippen molar-refractivity contribution in [2.45, 2.75) is 45.4 Å². The highest BCUT2D eigenvalue weighted by atomic mass is 16.5. The second-order valence-electron chi connectivity index (χ2n) is 7.16. The number of fused-ring (bicyclic) bond motifs is 1. The Balaban J connectivity index is 1.53. The van der Waals surface area contributed by atoms with Crippen LogP contribution in [0, 0.1) is 0 Å². The minimum atomic E-state index is -0.481. The summed E-state index contributed by atoms with van der Waals surface area (Å²) in [4.78, 5) is 29.6. The number of urea groups is 1. The van der Waals surface area contributed by atoms with Crippen molar-refractivity contribution in [2.24, 2.45) is 0 Å². The lowest BCUT2D eigenvalue weighted by Crippen LogP contribution is -2.31. The van der Waals surface area contributed by atoms with Crippen molar-refractivity contribution >= 4 is 17.6 Å². The van der Waals surface area contributed by atoms with Crippen LogP contribution in [0.25, 0.3) is 0 Å². The lowest BCUT2D eigenvalue weighted by Gasteiger charge is -2.18. The summed E-state index contributed by atoms with van der Waals surface area (Å²) in [7, 11) is 0. The molecule has 1 saturated heterocycles. The van der Waals surface area contributed by atoms with Gasteiger partial charge in [-0.05, 0) is 49.6 Å². The minimum absolute atomic E-state index is 0.265. The van der Waals surface area contributed by atoms with E-state index in [9.17, 15) is 9.59 Å². The van der Waals surface area contributed by atoms with Gasteiger partial charge in [0.15, 0.2) is 0 Å². The van der Waals surface area contributed by atoms with E-state index in [2.05, 4.69) is 10.3 Å². The van der Waals surface area contributed by atoms with Crippen molar-refractivity contribution in [3.63, 3.8) is 0 Å². The van der Waals surface area contributed by atoms with Crippen LogP contribution in [-0.2, 0) is 21.7 Å². The molecule has 1 unspecified atom stereocenters. The number of imide groups is 1. The molecule has 7 heteroatoms. The molecule has 1 atom stereocenters. The van der Waals surface area contributed by atoms with Gasteiger partial charge >= 0.3 is 6.03 Å². The van der Waals surface area contributed by atoms with Gasteiger partial charge < -0.3 is 14.8 Å². The SMILES string of the molecule is CCC1NC(=O)N(c2ccc(Oc3ccc4c(c3)C(C)(C)OC4)nc2)C1=O. The number of anilines is 1. The maximum Gasteiger partial charge on any atom is 0.329 e. The first kappa shape index (κ1) is 17.5. The van der Waals surface area contributed by atoms with Gasteiger partial charge in [-0.15, -0.1) is 0 Å². The van der Waals surface area contributed by atoms with Gasteiger partial charge in [-0.25, -0.2) is 14.7 Å². The van der Waals surface area contributed by atoms with Gasteiger partial charge in [0, 0.05) is 6.07 Å². The molecule has 3 heterocycles. The van der Waals surface area contributed by atoms with E-state index in [1.165, 1.54) is 6.20 Å². The van der Waals surface area contributed by atoms with Crippen LogP contribution in [0.15, 0.2) is 36.5 Å². The van der Waals surface area contributed by atoms with Gasteiger partial charge in [-0.2, -0.15) is 0 Å². The van der Waals surface area contributed by atoms with Gasteiger partial charge in [-0.1, -0.05) is 13.0 Å². The third-order valence-electron chi connectivity index (χ3n) is 4.95. The monoisotopic (exact) mass is 367 g/mol. The Kier molecular flexibility index (Phi) is 4.11. The highest BCUT2D eigenvalue weighted by molar-refractivity contribution is 6.21. The van der Waals surface area contributed by atoms with Crippen molar-refractivity contribution < 1.29 is 19.1 Å². The number of carbonyl (C=O) groups excluding carboxylic acids is 2. The molecule has 0 bridgehead atoms. The number of ether oxygens (including phenoxy) is 2. The minimum Gasteiger partial charge on any atom is -0.439 e. The number of rotatable bonds is 4. The zero-order valence-electron chi connectivity index (χ0n) is 15.5. The van der Waals surface area contributed by atoms with E-state index in [1.54, 1.807) is 12.1 Å². The topological polar surface area (TPSA) is 80.8 Å². The molecule has 0 radical (unpaired) electrons. The number of aromatic nitrogens is 1. The van der Waals surface area contributed by atoms with E-state index in [0.717, 1.165) is 16.0 Å². The number of hydrogen-bond donors (Lipinski definition) is 1. The van der Waals surface area contributed by atoms with Crippen LogP contribution in [0.3, 0.4) is 0 Å². The zero-order valence-corrected chi connectivity index (χ0v) is 15.5. The third kappa shape index (κ3) is 3.04. The average molecular weight is 367 g/mol. The van der Waals surface area contributed by atoms with Gasteiger partial charge in [-0.3, -0.25) is 4.79 Å². The van der Waals surface area contributed by atoms with Crippen LogP contribution >= 0.6 is 0 Å². The fourth-order valence-corrected chi connectivity index (χ4v) is 3.38.